The first-order valence-electron chi connectivity index (χ1n) is 6.09. The van der Waals surface area contributed by atoms with Crippen molar-refractivity contribution in [1.29, 1.82) is 0 Å². The third kappa shape index (κ3) is 3.82. The second-order valence-corrected chi connectivity index (χ2v) is 4.56. The van der Waals surface area contributed by atoms with E-state index in [2.05, 4.69) is 15.7 Å². The summed E-state index contributed by atoms with van der Waals surface area (Å²) in [6, 6.07) is 0. The van der Waals surface area contributed by atoms with Gasteiger partial charge in [-0.1, -0.05) is 0 Å². The monoisotopic (exact) mass is 253 g/mol. The third-order valence-electron chi connectivity index (χ3n) is 2.93. The van der Waals surface area contributed by atoms with E-state index < -0.39 is 0 Å². The van der Waals surface area contributed by atoms with Crippen molar-refractivity contribution in [3.05, 3.63) is 11.4 Å². The minimum atomic E-state index is -0.00666. The Morgan fingerprint density at radius 2 is 2.11 bits per heavy atom. The van der Waals surface area contributed by atoms with Gasteiger partial charge in [0.25, 0.3) is 0 Å². The molecule has 6 nitrogen and oxygen atoms in total. The lowest BCUT2D eigenvalue weighted by atomic mass is 10.3. The van der Waals surface area contributed by atoms with Crippen molar-refractivity contribution in [2.75, 3.05) is 39.0 Å². The summed E-state index contributed by atoms with van der Waals surface area (Å²) in [7, 11) is 5.70. The first-order valence-corrected chi connectivity index (χ1v) is 6.09. The molecule has 1 aromatic heterocycles. The van der Waals surface area contributed by atoms with E-state index >= 15 is 0 Å². The van der Waals surface area contributed by atoms with Crippen molar-refractivity contribution >= 4 is 11.6 Å². The molecule has 1 rings (SSSR count). The maximum Gasteiger partial charge on any atom is 0.238 e. The van der Waals surface area contributed by atoms with Gasteiger partial charge in [-0.2, -0.15) is 5.10 Å². The smallest absolute Gasteiger partial charge is 0.238 e. The predicted molar refractivity (Wildman–Crippen MR) is 72.7 cm³/mol. The molecule has 1 amide bonds. The Labute approximate surface area is 108 Å². The van der Waals surface area contributed by atoms with E-state index in [4.69, 9.17) is 0 Å². The molecule has 0 fully saturated rings. The number of aryl methyl sites for hydroxylation is 2. The molecule has 0 bridgehead atoms. The van der Waals surface area contributed by atoms with Crippen molar-refractivity contribution in [3.63, 3.8) is 0 Å². The average molecular weight is 253 g/mol. The van der Waals surface area contributed by atoms with E-state index in [-0.39, 0.29) is 5.91 Å². The minimum absolute atomic E-state index is 0.00666. The molecule has 0 aromatic carbocycles. The fraction of sp³-hybridized carbons (Fsp3) is 0.667. The van der Waals surface area contributed by atoms with Crippen LogP contribution in [0.1, 0.15) is 11.4 Å². The molecule has 0 unspecified atom stereocenters. The van der Waals surface area contributed by atoms with Gasteiger partial charge in [0.05, 0.1) is 23.6 Å². The van der Waals surface area contributed by atoms with Crippen molar-refractivity contribution in [1.82, 2.24) is 20.0 Å². The largest absolute Gasteiger partial charge is 0.322 e. The molecule has 18 heavy (non-hydrogen) atoms. The number of nitrogens with one attached hydrogen (secondary N) is 2. The normalized spacial score (nSPS) is 11.0. The number of amides is 1. The number of rotatable bonds is 6. The van der Waals surface area contributed by atoms with Crippen LogP contribution in [-0.4, -0.2) is 54.3 Å². The zero-order valence-electron chi connectivity index (χ0n) is 11.9. The molecule has 0 aliphatic rings. The van der Waals surface area contributed by atoms with Gasteiger partial charge in [-0.25, -0.2) is 0 Å². The number of hydrogen-bond donors (Lipinski definition) is 2. The lowest BCUT2D eigenvalue weighted by Gasteiger charge is -2.15. The van der Waals surface area contributed by atoms with E-state index in [9.17, 15) is 4.79 Å². The molecule has 0 saturated carbocycles. The molecule has 1 heterocycles. The van der Waals surface area contributed by atoms with Crippen LogP contribution in [0, 0.1) is 13.8 Å². The van der Waals surface area contributed by atoms with Crippen molar-refractivity contribution < 1.29 is 4.79 Å². The maximum absolute atomic E-state index is 11.9. The zero-order valence-corrected chi connectivity index (χ0v) is 11.9. The molecule has 0 spiro atoms. The Balaban J connectivity index is 2.54. The van der Waals surface area contributed by atoms with Crippen LogP contribution in [0.15, 0.2) is 0 Å². The van der Waals surface area contributed by atoms with Gasteiger partial charge in [0, 0.05) is 20.1 Å². The average Bonchev–Trinajstić information content (AvgIpc) is 2.53. The number of nitrogens with zero attached hydrogens (tertiary/aromatic N) is 3. The van der Waals surface area contributed by atoms with E-state index in [1.54, 1.807) is 4.68 Å². The van der Waals surface area contributed by atoms with Gasteiger partial charge in [0.15, 0.2) is 0 Å². The van der Waals surface area contributed by atoms with Crippen LogP contribution < -0.4 is 10.6 Å². The molecule has 0 aliphatic heterocycles. The fourth-order valence-electron chi connectivity index (χ4n) is 1.76. The second-order valence-electron chi connectivity index (χ2n) is 4.56. The molecule has 2 N–H and O–H groups in total. The highest BCUT2D eigenvalue weighted by atomic mass is 16.2. The Kier molecular flexibility index (Phi) is 5.30. The first-order chi connectivity index (χ1) is 8.45. The van der Waals surface area contributed by atoms with E-state index in [1.165, 1.54) is 0 Å². The van der Waals surface area contributed by atoms with Crippen LogP contribution in [0.5, 0.6) is 0 Å². The zero-order chi connectivity index (χ0) is 13.7. The molecular weight excluding hydrogens is 230 g/mol. The van der Waals surface area contributed by atoms with Crippen molar-refractivity contribution in [2.24, 2.45) is 7.05 Å². The van der Waals surface area contributed by atoms with Crippen molar-refractivity contribution in [2.45, 2.75) is 13.8 Å². The summed E-state index contributed by atoms with van der Waals surface area (Å²) in [6.07, 6.45) is 0. The van der Waals surface area contributed by atoms with Crippen LogP contribution in [0.25, 0.3) is 0 Å². The Morgan fingerprint density at radius 3 is 2.61 bits per heavy atom. The standard InChI is InChI=1S/C12H23N5O/c1-9-12(10(2)17(5)15-9)14-11(18)8-16(4)7-6-13-3/h13H,6-8H2,1-5H3,(H,14,18). The number of anilines is 1. The summed E-state index contributed by atoms with van der Waals surface area (Å²) in [6.45, 7) is 5.94. The van der Waals surface area contributed by atoms with Gasteiger partial charge >= 0.3 is 0 Å². The van der Waals surface area contributed by atoms with Gasteiger partial charge in [-0.05, 0) is 27.9 Å². The highest BCUT2D eigenvalue weighted by Gasteiger charge is 2.13. The van der Waals surface area contributed by atoms with E-state index in [1.807, 2.05) is 39.9 Å². The van der Waals surface area contributed by atoms with Gasteiger partial charge in [0.2, 0.25) is 5.91 Å². The minimum Gasteiger partial charge on any atom is -0.322 e. The topological polar surface area (TPSA) is 62.2 Å². The molecule has 0 saturated heterocycles. The van der Waals surface area contributed by atoms with E-state index in [0.29, 0.717) is 6.54 Å². The molecule has 6 heteroatoms. The molecule has 0 radical (unpaired) electrons. The summed E-state index contributed by atoms with van der Waals surface area (Å²) < 4.78 is 1.77. The van der Waals surface area contributed by atoms with Gasteiger partial charge < -0.3 is 10.6 Å². The Bertz CT molecular complexity index is 413. The van der Waals surface area contributed by atoms with Crippen LogP contribution in [0.2, 0.25) is 0 Å². The lowest BCUT2D eigenvalue weighted by molar-refractivity contribution is -0.117. The third-order valence-corrected chi connectivity index (χ3v) is 2.93. The number of carbonyl (C=O) groups is 1. The second kappa shape index (κ2) is 6.51. The molecule has 1 aromatic rings. The highest BCUT2D eigenvalue weighted by molar-refractivity contribution is 5.93. The summed E-state index contributed by atoms with van der Waals surface area (Å²) in [4.78, 5) is 13.9. The number of aromatic nitrogens is 2. The molecule has 102 valence electrons. The van der Waals surface area contributed by atoms with Crippen LogP contribution in [0.4, 0.5) is 5.69 Å². The number of likely N-dealkylation sites (N-methyl/N-ethyl adjacent to an activating group) is 2. The maximum atomic E-state index is 11.9. The lowest BCUT2D eigenvalue weighted by Crippen LogP contribution is -2.34. The quantitative estimate of drug-likeness (QED) is 0.756. The summed E-state index contributed by atoms with van der Waals surface area (Å²) in [5.74, 6) is -0.00666. The molecule has 0 aliphatic carbocycles. The van der Waals surface area contributed by atoms with Crippen LogP contribution in [-0.2, 0) is 11.8 Å². The highest BCUT2D eigenvalue weighted by Crippen LogP contribution is 2.17. The number of carbonyl (C=O) groups excluding carboxylic acids is 1. The SMILES string of the molecule is CNCCN(C)CC(=O)Nc1c(C)nn(C)c1C. The summed E-state index contributed by atoms with van der Waals surface area (Å²) in [5.41, 5.74) is 2.64. The van der Waals surface area contributed by atoms with Crippen LogP contribution in [0.3, 0.4) is 0 Å². The fourth-order valence-corrected chi connectivity index (χ4v) is 1.76. The van der Waals surface area contributed by atoms with Gasteiger partial charge in [-0.15, -0.1) is 0 Å². The predicted octanol–water partition coefficient (Wildman–Crippen LogP) is 0.127. The van der Waals surface area contributed by atoms with Crippen molar-refractivity contribution in [3.8, 4) is 0 Å². The van der Waals surface area contributed by atoms with Gasteiger partial charge in [0.1, 0.15) is 0 Å². The van der Waals surface area contributed by atoms with Crippen LogP contribution >= 0.6 is 0 Å². The Hall–Kier alpha value is -1.40. The van der Waals surface area contributed by atoms with Gasteiger partial charge in [-0.3, -0.25) is 14.4 Å². The van der Waals surface area contributed by atoms with E-state index in [0.717, 1.165) is 30.2 Å². The molecular formula is C12H23N5O. The number of hydrogen-bond acceptors (Lipinski definition) is 4. The summed E-state index contributed by atoms with van der Waals surface area (Å²) in [5, 5.41) is 10.2. The summed E-state index contributed by atoms with van der Waals surface area (Å²) >= 11 is 0. The Morgan fingerprint density at radius 1 is 1.44 bits per heavy atom. The first kappa shape index (κ1) is 14.7. The molecule has 0 atom stereocenters.